The number of aromatic nitrogens is 2. The zero-order chi connectivity index (χ0) is 26.6. The molecule has 0 radical (unpaired) electrons. The fourth-order valence-corrected chi connectivity index (χ4v) is 9.62. The third-order valence-electron chi connectivity index (χ3n) is 9.68. The molecule has 1 N–H and O–H groups in total. The molecule has 2 heterocycles. The van der Waals surface area contributed by atoms with Crippen molar-refractivity contribution in [3.63, 3.8) is 0 Å². The smallest absolute Gasteiger partial charge is 0.243 e. The van der Waals surface area contributed by atoms with Gasteiger partial charge in [0.1, 0.15) is 17.9 Å². The molecule has 8 heteroatoms. The highest BCUT2D eigenvalue weighted by atomic mass is 32.2. The number of methoxy groups -OCH3 is 1. The summed E-state index contributed by atoms with van der Waals surface area (Å²) in [4.78, 5) is 9.42. The number of benzene rings is 2. The topological polar surface area (TPSA) is 84.4 Å². The Morgan fingerprint density at radius 3 is 2.15 bits per heavy atom. The minimum Gasteiger partial charge on any atom is -0.497 e. The average Bonchev–Trinajstić information content (AvgIpc) is 2.95. The Morgan fingerprint density at radius 1 is 0.923 bits per heavy atom. The van der Waals surface area contributed by atoms with Crippen LogP contribution in [0.25, 0.3) is 11.1 Å². The van der Waals surface area contributed by atoms with Gasteiger partial charge in [-0.1, -0.05) is 24.3 Å². The van der Waals surface area contributed by atoms with Crippen molar-refractivity contribution < 1.29 is 13.2 Å². The molecule has 0 unspecified atom stereocenters. The number of nitrogens with zero attached hydrogens (tertiary/aromatic N) is 3. The normalized spacial score (nSPS) is 27.8. The molecule has 0 spiro atoms. The van der Waals surface area contributed by atoms with E-state index in [-0.39, 0.29) is 6.54 Å². The van der Waals surface area contributed by atoms with E-state index in [0.717, 1.165) is 58.3 Å². The third kappa shape index (κ3) is 4.61. The lowest BCUT2D eigenvalue weighted by Crippen LogP contribution is -2.49. The maximum absolute atomic E-state index is 13.5. The Kier molecular flexibility index (Phi) is 6.16. The molecule has 4 saturated carbocycles. The lowest BCUT2D eigenvalue weighted by atomic mass is 9.49. The summed E-state index contributed by atoms with van der Waals surface area (Å²) in [6.45, 7) is 1.67. The fourth-order valence-electron chi connectivity index (χ4n) is 8.22. The number of ether oxygens (including phenoxy) is 1. The second kappa shape index (κ2) is 9.59. The molecule has 0 atom stereocenters. The zero-order valence-electron chi connectivity index (χ0n) is 22.5. The molecule has 204 valence electrons. The van der Waals surface area contributed by atoms with E-state index in [4.69, 9.17) is 4.74 Å². The lowest BCUT2D eigenvalue weighted by molar-refractivity contribution is -0.0444. The first-order valence-electron chi connectivity index (χ1n) is 14.2. The molecular formula is C31H36N4O3S. The van der Waals surface area contributed by atoms with E-state index in [9.17, 15) is 8.42 Å². The van der Waals surface area contributed by atoms with Crippen LogP contribution >= 0.6 is 0 Å². The molecule has 2 aromatic carbocycles. The molecule has 3 aromatic rings. The van der Waals surface area contributed by atoms with Gasteiger partial charge < -0.3 is 10.1 Å². The summed E-state index contributed by atoms with van der Waals surface area (Å²) in [6.07, 6.45) is 10.6. The molecule has 39 heavy (non-hydrogen) atoms. The van der Waals surface area contributed by atoms with Crippen molar-refractivity contribution in [2.75, 3.05) is 25.5 Å². The summed E-state index contributed by atoms with van der Waals surface area (Å²) in [6, 6.07) is 14.9. The van der Waals surface area contributed by atoms with Gasteiger partial charge in [-0.2, -0.15) is 4.31 Å². The van der Waals surface area contributed by atoms with Gasteiger partial charge in [0.2, 0.25) is 10.0 Å². The molecule has 1 aromatic heterocycles. The Bertz CT molecular complexity index is 1440. The van der Waals surface area contributed by atoms with Gasteiger partial charge in [-0.25, -0.2) is 18.4 Å². The largest absolute Gasteiger partial charge is 0.497 e. The van der Waals surface area contributed by atoms with Crippen LogP contribution in [0.15, 0.2) is 59.8 Å². The van der Waals surface area contributed by atoms with Crippen LogP contribution in [-0.2, 0) is 23.0 Å². The van der Waals surface area contributed by atoms with E-state index in [1.165, 1.54) is 38.5 Å². The average molecular weight is 545 g/mol. The monoisotopic (exact) mass is 544 g/mol. The summed E-state index contributed by atoms with van der Waals surface area (Å²) in [7, 11) is -2.00. The van der Waals surface area contributed by atoms with E-state index in [1.54, 1.807) is 29.9 Å². The SMILES string of the molecule is COc1ccc(-c2ccc(S(=O)(=O)N3CCc4c(ncnc4NCC45CC6CC(CC(C6)C4)C5)C3)cc2)cc1. The minimum absolute atomic E-state index is 0.270. The molecule has 0 saturated heterocycles. The standard InChI is InChI=1S/C31H36N4O3S/c1-38-26-6-2-24(3-7-26)25-4-8-27(9-5-25)39(36,37)35-11-10-28-29(18-35)33-20-34-30(28)32-19-31-15-21-12-22(16-31)14-23(13-21)17-31/h2-9,20-23H,10-19H2,1H3,(H,32,33,34). The molecule has 5 aliphatic rings. The van der Waals surface area contributed by atoms with Crippen LogP contribution < -0.4 is 10.1 Å². The number of rotatable bonds is 7. The molecule has 7 nitrogen and oxygen atoms in total. The van der Waals surface area contributed by atoms with Crippen molar-refractivity contribution in [1.82, 2.24) is 14.3 Å². The predicted octanol–water partition coefficient (Wildman–Crippen LogP) is 5.53. The highest BCUT2D eigenvalue weighted by Gasteiger charge is 2.50. The number of fused-ring (bicyclic) bond motifs is 1. The van der Waals surface area contributed by atoms with Crippen LogP contribution in [0.1, 0.15) is 49.8 Å². The summed E-state index contributed by atoms with van der Waals surface area (Å²) >= 11 is 0. The van der Waals surface area contributed by atoms with Crippen LogP contribution in [0.2, 0.25) is 0 Å². The van der Waals surface area contributed by atoms with Crippen LogP contribution in [0.5, 0.6) is 5.75 Å². The maximum Gasteiger partial charge on any atom is 0.243 e. The molecule has 4 bridgehead atoms. The summed E-state index contributed by atoms with van der Waals surface area (Å²) in [5, 5.41) is 3.72. The number of hydrogen-bond acceptors (Lipinski definition) is 6. The van der Waals surface area contributed by atoms with Crippen molar-refractivity contribution in [2.24, 2.45) is 23.2 Å². The van der Waals surface area contributed by atoms with E-state index in [0.29, 0.717) is 23.3 Å². The minimum atomic E-state index is -3.64. The van der Waals surface area contributed by atoms with Crippen LogP contribution in [-0.4, -0.2) is 42.9 Å². The van der Waals surface area contributed by atoms with Gasteiger partial charge in [0.05, 0.1) is 24.2 Å². The van der Waals surface area contributed by atoms with Crippen molar-refractivity contribution in [3.8, 4) is 16.9 Å². The molecule has 0 amide bonds. The van der Waals surface area contributed by atoms with E-state index >= 15 is 0 Å². The zero-order valence-corrected chi connectivity index (χ0v) is 23.3. The first-order valence-corrected chi connectivity index (χ1v) is 15.7. The first-order chi connectivity index (χ1) is 18.9. The van der Waals surface area contributed by atoms with E-state index < -0.39 is 10.0 Å². The van der Waals surface area contributed by atoms with Crippen LogP contribution in [0.3, 0.4) is 0 Å². The van der Waals surface area contributed by atoms with E-state index in [1.807, 2.05) is 36.4 Å². The predicted molar refractivity (Wildman–Crippen MR) is 151 cm³/mol. The first kappa shape index (κ1) is 25.0. The number of sulfonamides is 1. The van der Waals surface area contributed by atoms with Crippen LogP contribution in [0, 0.1) is 23.2 Å². The number of hydrogen-bond donors (Lipinski definition) is 1. The molecule has 4 aliphatic carbocycles. The van der Waals surface area contributed by atoms with Gasteiger partial charge in [-0.3, -0.25) is 0 Å². The molecule has 1 aliphatic heterocycles. The maximum atomic E-state index is 13.5. The Morgan fingerprint density at radius 2 is 1.54 bits per heavy atom. The summed E-state index contributed by atoms with van der Waals surface area (Å²) < 4.78 is 33.9. The van der Waals surface area contributed by atoms with Gasteiger partial charge in [0.15, 0.2) is 0 Å². The van der Waals surface area contributed by atoms with Crippen molar-refractivity contribution in [1.29, 1.82) is 0 Å². The van der Waals surface area contributed by atoms with Gasteiger partial charge >= 0.3 is 0 Å². The summed E-state index contributed by atoms with van der Waals surface area (Å²) in [5.41, 5.74) is 4.26. The van der Waals surface area contributed by atoms with Crippen molar-refractivity contribution in [2.45, 2.75) is 56.4 Å². The van der Waals surface area contributed by atoms with E-state index in [2.05, 4.69) is 15.3 Å². The molecule has 4 fully saturated rings. The Balaban J connectivity index is 1.05. The van der Waals surface area contributed by atoms with Gasteiger partial charge in [-0.05, 0) is 104 Å². The molecule has 8 rings (SSSR count). The summed E-state index contributed by atoms with van der Waals surface area (Å²) in [5.74, 6) is 4.44. The number of anilines is 1. The third-order valence-corrected chi connectivity index (χ3v) is 11.5. The second-order valence-electron chi connectivity index (χ2n) is 12.3. The fraction of sp³-hybridized carbons (Fsp3) is 0.484. The van der Waals surface area contributed by atoms with Gasteiger partial charge in [0, 0.05) is 18.7 Å². The quantitative estimate of drug-likeness (QED) is 0.421. The van der Waals surface area contributed by atoms with Crippen molar-refractivity contribution in [3.05, 3.63) is 66.1 Å². The highest BCUT2D eigenvalue weighted by molar-refractivity contribution is 7.89. The van der Waals surface area contributed by atoms with Crippen LogP contribution in [0.4, 0.5) is 5.82 Å². The van der Waals surface area contributed by atoms with Gasteiger partial charge in [0.25, 0.3) is 0 Å². The van der Waals surface area contributed by atoms with Crippen molar-refractivity contribution >= 4 is 15.8 Å². The van der Waals surface area contributed by atoms with Gasteiger partial charge in [-0.15, -0.1) is 0 Å². The Hall–Kier alpha value is -2.97. The lowest BCUT2D eigenvalue weighted by Gasteiger charge is -2.57. The highest BCUT2D eigenvalue weighted by Crippen LogP contribution is 2.60. The Labute approximate surface area is 231 Å². The molecular weight excluding hydrogens is 508 g/mol. The number of nitrogens with one attached hydrogen (secondary N) is 1. The second-order valence-corrected chi connectivity index (χ2v) is 14.2.